The Bertz CT molecular complexity index is 1670. The predicted molar refractivity (Wildman–Crippen MR) is 141 cm³/mol. The van der Waals surface area contributed by atoms with Gasteiger partial charge in [-0.25, -0.2) is 8.91 Å². The molecule has 1 unspecified atom stereocenters. The summed E-state index contributed by atoms with van der Waals surface area (Å²) in [5.41, 5.74) is 2.87. The van der Waals surface area contributed by atoms with Crippen molar-refractivity contribution in [3.8, 4) is 23.1 Å². The fraction of sp³-hybridized carbons (Fsp3) is 0.185. The summed E-state index contributed by atoms with van der Waals surface area (Å²) in [6.45, 7) is 2.31. The van der Waals surface area contributed by atoms with Crippen LogP contribution in [0.4, 0.5) is 15.8 Å². The van der Waals surface area contributed by atoms with Gasteiger partial charge in [-0.1, -0.05) is 0 Å². The van der Waals surface area contributed by atoms with Crippen molar-refractivity contribution in [3.63, 3.8) is 0 Å². The Morgan fingerprint density at radius 1 is 1.13 bits per heavy atom. The lowest BCUT2D eigenvalue weighted by atomic mass is 10.0. The average molecular weight is 526 g/mol. The van der Waals surface area contributed by atoms with E-state index in [0.717, 1.165) is 5.69 Å². The lowest BCUT2D eigenvalue weighted by molar-refractivity contribution is -0.00177. The number of nitrogens with zero attached hydrogens (tertiary/aromatic N) is 7. The largest absolute Gasteiger partial charge is 0.387 e. The molecule has 12 heteroatoms. The van der Waals surface area contributed by atoms with Crippen molar-refractivity contribution < 1.29 is 14.3 Å². The molecule has 0 radical (unpaired) electrons. The summed E-state index contributed by atoms with van der Waals surface area (Å²) in [6, 6.07) is 16.5. The molecule has 0 bridgehead atoms. The van der Waals surface area contributed by atoms with Crippen LogP contribution < -0.4 is 10.6 Å². The highest BCUT2D eigenvalue weighted by atomic mass is 19.1. The van der Waals surface area contributed by atoms with Crippen molar-refractivity contribution in [2.45, 2.75) is 25.6 Å². The van der Waals surface area contributed by atoms with Gasteiger partial charge in [-0.2, -0.15) is 10.4 Å². The number of aliphatic hydroxyl groups is 1. The lowest BCUT2D eigenvalue weighted by Crippen LogP contribution is -2.42. The SMILES string of the molecule is CC(C)(O)C(F)CNC(=O)c1cnc(-c2ccc3cc(C#N)cnn23)cc1Nc1ccc(-n2cnnc2)cc1. The number of carbonyl (C=O) groups excluding carboxylic acids is 1. The molecule has 196 valence electrons. The van der Waals surface area contributed by atoms with Gasteiger partial charge in [0.2, 0.25) is 0 Å². The smallest absolute Gasteiger partial charge is 0.255 e. The predicted octanol–water partition coefficient (Wildman–Crippen LogP) is 3.43. The van der Waals surface area contributed by atoms with E-state index in [1.807, 2.05) is 36.4 Å². The fourth-order valence-corrected chi connectivity index (χ4v) is 3.87. The monoisotopic (exact) mass is 525 g/mol. The number of carbonyl (C=O) groups is 1. The van der Waals surface area contributed by atoms with Gasteiger partial charge in [-0.15, -0.1) is 10.2 Å². The first-order chi connectivity index (χ1) is 18.7. The zero-order chi connectivity index (χ0) is 27.6. The molecule has 3 N–H and O–H groups in total. The van der Waals surface area contributed by atoms with Crippen LogP contribution in [0.5, 0.6) is 0 Å². The van der Waals surface area contributed by atoms with Gasteiger partial charge in [0.15, 0.2) is 0 Å². The lowest BCUT2D eigenvalue weighted by Gasteiger charge is -2.22. The molecule has 4 aromatic heterocycles. The summed E-state index contributed by atoms with van der Waals surface area (Å²) < 4.78 is 17.7. The zero-order valence-electron chi connectivity index (χ0n) is 21.1. The highest BCUT2D eigenvalue weighted by molar-refractivity contribution is 6.00. The van der Waals surface area contributed by atoms with Crippen LogP contribution in [0.15, 0.2) is 73.6 Å². The Morgan fingerprint density at radius 3 is 2.56 bits per heavy atom. The van der Waals surface area contributed by atoms with Crippen molar-refractivity contribution in [1.29, 1.82) is 5.26 Å². The minimum absolute atomic E-state index is 0.185. The maximum Gasteiger partial charge on any atom is 0.255 e. The maximum absolute atomic E-state index is 14.3. The number of benzene rings is 1. The van der Waals surface area contributed by atoms with E-state index in [-0.39, 0.29) is 12.1 Å². The number of nitrogens with one attached hydrogen (secondary N) is 2. The van der Waals surface area contributed by atoms with E-state index in [9.17, 15) is 19.6 Å². The van der Waals surface area contributed by atoms with Crippen molar-refractivity contribution in [3.05, 3.63) is 84.7 Å². The Morgan fingerprint density at radius 2 is 1.87 bits per heavy atom. The molecule has 1 aromatic carbocycles. The third kappa shape index (κ3) is 5.43. The molecule has 5 aromatic rings. The summed E-state index contributed by atoms with van der Waals surface area (Å²) in [4.78, 5) is 17.5. The molecular weight excluding hydrogens is 501 g/mol. The van der Waals surface area contributed by atoms with Crippen LogP contribution in [-0.2, 0) is 0 Å². The number of amides is 1. The molecule has 11 nitrogen and oxygen atoms in total. The number of halogens is 1. The fourth-order valence-electron chi connectivity index (χ4n) is 3.87. The van der Waals surface area contributed by atoms with Crippen molar-refractivity contribution in [1.82, 2.24) is 34.7 Å². The minimum atomic E-state index is -1.66. The third-order valence-electron chi connectivity index (χ3n) is 6.11. The van der Waals surface area contributed by atoms with Gasteiger partial charge in [0, 0.05) is 17.6 Å². The average Bonchev–Trinajstić information content (AvgIpc) is 3.61. The zero-order valence-corrected chi connectivity index (χ0v) is 21.1. The van der Waals surface area contributed by atoms with Gasteiger partial charge in [0.1, 0.15) is 24.9 Å². The van der Waals surface area contributed by atoms with E-state index in [1.54, 1.807) is 33.9 Å². The van der Waals surface area contributed by atoms with Gasteiger partial charge in [0.25, 0.3) is 5.91 Å². The van der Waals surface area contributed by atoms with Crippen LogP contribution in [0.25, 0.3) is 22.6 Å². The van der Waals surface area contributed by atoms with Gasteiger partial charge in [-0.05, 0) is 62.4 Å². The topological polar surface area (TPSA) is 146 Å². The van der Waals surface area contributed by atoms with Gasteiger partial charge >= 0.3 is 0 Å². The highest BCUT2D eigenvalue weighted by Gasteiger charge is 2.27. The summed E-state index contributed by atoms with van der Waals surface area (Å²) in [7, 11) is 0. The van der Waals surface area contributed by atoms with E-state index < -0.39 is 17.7 Å². The van der Waals surface area contributed by atoms with Crippen LogP contribution >= 0.6 is 0 Å². The van der Waals surface area contributed by atoms with E-state index in [4.69, 9.17) is 0 Å². The van der Waals surface area contributed by atoms with Crippen molar-refractivity contribution in [2.75, 3.05) is 11.9 Å². The first kappa shape index (κ1) is 25.5. The molecule has 1 atom stereocenters. The summed E-state index contributed by atoms with van der Waals surface area (Å²) >= 11 is 0. The van der Waals surface area contributed by atoms with E-state index in [2.05, 4.69) is 37.0 Å². The standard InChI is InChI=1S/C27H24FN9O2/c1-27(2,39)25(28)14-31-26(38)21-13-30-23(24-8-7-20-9-17(11-29)12-34-37(20)24)10-22(21)35-18-3-5-19(6-4-18)36-15-32-33-16-36/h3-10,12-13,15-16,25,39H,14H2,1-2H3,(H,30,35)(H,31,38). The molecule has 39 heavy (non-hydrogen) atoms. The number of aromatic nitrogens is 6. The number of pyridine rings is 1. The van der Waals surface area contributed by atoms with E-state index in [0.29, 0.717) is 33.8 Å². The number of hydrogen-bond acceptors (Lipinski definition) is 8. The number of fused-ring (bicyclic) bond motifs is 1. The van der Waals surface area contributed by atoms with Crippen LogP contribution in [0, 0.1) is 11.3 Å². The summed E-state index contributed by atoms with van der Waals surface area (Å²) in [5, 5.41) is 36.8. The Hall–Kier alpha value is -5.15. The van der Waals surface area contributed by atoms with Crippen molar-refractivity contribution in [2.24, 2.45) is 0 Å². The number of hydrogen-bond donors (Lipinski definition) is 3. The Kier molecular flexibility index (Phi) is 6.74. The Balaban J connectivity index is 1.49. The second-order valence-corrected chi connectivity index (χ2v) is 9.40. The number of alkyl halides is 1. The first-order valence-electron chi connectivity index (χ1n) is 12.0. The number of nitriles is 1. The molecule has 5 rings (SSSR count). The molecule has 1 amide bonds. The van der Waals surface area contributed by atoms with Crippen molar-refractivity contribution >= 4 is 22.8 Å². The van der Waals surface area contributed by atoms with Crippen LogP contribution in [0.3, 0.4) is 0 Å². The second kappa shape index (κ2) is 10.3. The van der Waals surface area contributed by atoms with E-state index >= 15 is 0 Å². The molecule has 0 saturated heterocycles. The molecule has 0 aliphatic rings. The minimum Gasteiger partial charge on any atom is -0.387 e. The molecule has 0 aliphatic carbocycles. The molecular formula is C27H24FN9O2. The van der Waals surface area contributed by atoms with E-state index in [1.165, 1.54) is 26.2 Å². The van der Waals surface area contributed by atoms with Gasteiger partial charge in [0.05, 0.1) is 52.1 Å². The summed E-state index contributed by atoms with van der Waals surface area (Å²) in [6.07, 6.45) is 4.37. The van der Waals surface area contributed by atoms with Gasteiger partial charge in [-0.3, -0.25) is 14.3 Å². The van der Waals surface area contributed by atoms with Gasteiger partial charge < -0.3 is 15.7 Å². The first-order valence-corrected chi connectivity index (χ1v) is 12.0. The molecule has 0 aliphatic heterocycles. The van der Waals surface area contributed by atoms with Crippen LogP contribution in [0.2, 0.25) is 0 Å². The normalized spacial score (nSPS) is 12.2. The molecule has 0 saturated carbocycles. The number of anilines is 2. The highest BCUT2D eigenvalue weighted by Crippen LogP contribution is 2.28. The summed E-state index contributed by atoms with van der Waals surface area (Å²) in [5.74, 6) is -0.554. The quantitative estimate of drug-likeness (QED) is 0.279. The molecule has 4 heterocycles. The third-order valence-corrected chi connectivity index (χ3v) is 6.11. The van der Waals surface area contributed by atoms with Crippen LogP contribution in [-0.4, -0.2) is 58.7 Å². The van der Waals surface area contributed by atoms with Crippen LogP contribution in [0.1, 0.15) is 29.8 Å². The second-order valence-electron chi connectivity index (χ2n) is 9.40. The Labute approximate surface area is 222 Å². The number of rotatable bonds is 8. The molecule has 0 spiro atoms. The maximum atomic E-state index is 14.3. The molecule has 0 fully saturated rings.